The van der Waals surface area contributed by atoms with Crippen molar-refractivity contribution in [3.63, 3.8) is 0 Å². The van der Waals surface area contributed by atoms with Gasteiger partial charge < -0.3 is 10.5 Å². The molecule has 0 aliphatic carbocycles. The quantitative estimate of drug-likeness (QED) is 0.364. The fourth-order valence-corrected chi connectivity index (χ4v) is 3.68. The van der Waals surface area contributed by atoms with E-state index in [9.17, 15) is 0 Å². The summed E-state index contributed by atoms with van der Waals surface area (Å²) >= 11 is 0. The van der Waals surface area contributed by atoms with E-state index in [1.165, 1.54) is 33.5 Å². The van der Waals surface area contributed by atoms with Crippen molar-refractivity contribution in [2.75, 3.05) is 12.3 Å². The van der Waals surface area contributed by atoms with Gasteiger partial charge in [0, 0.05) is 11.3 Å². The molecule has 0 aliphatic rings. The Morgan fingerprint density at radius 1 is 0.759 bits per heavy atom. The smallest absolute Gasteiger partial charge is 0.123 e. The summed E-state index contributed by atoms with van der Waals surface area (Å²) in [6.45, 7) is 9.22. The van der Waals surface area contributed by atoms with Crippen LogP contribution in [0.2, 0.25) is 0 Å². The zero-order valence-corrected chi connectivity index (χ0v) is 18.0. The van der Waals surface area contributed by atoms with Crippen LogP contribution >= 0.6 is 0 Å². The van der Waals surface area contributed by atoms with E-state index in [1.807, 2.05) is 6.07 Å². The number of hydrogen-bond donors (Lipinski definition) is 1. The molecule has 0 heterocycles. The molecule has 2 nitrogen and oxygen atoms in total. The minimum atomic E-state index is 0.712. The highest BCUT2D eigenvalue weighted by atomic mass is 16.5. The Bertz CT molecular complexity index is 1110. The summed E-state index contributed by atoms with van der Waals surface area (Å²) in [5.41, 5.74) is 10.7. The number of nitrogens with two attached hydrogens (primary N) is 1. The van der Waals surface area contributed by atoms with Gasteiger partial charge in [-0.25, -0.2) is 0 Å². The summed E-state index contributed by atoms with van der Waals surface area (Å²) in [7, 11) is 0. The van der Waals surface area contributed by atoms with Crippen molar-refractivity contribution in [2.45, 2.75) is 40.5 Å². The van der Waals surface area contributed by atoms with Gasteiger partial charge in [-0.15, -0.1) is 0 Å². The van der Waals surface area contributed by atoms with E-state index in [2.05, 4.69) is 88.4 Å². The molecule has 2 heteroatoms. The Morgan fingerprint density at radius 3 is 2.00 bits per heavy atom. The van der Waals surface area contributed by atoms with Crippen LogP contribution in [0.3, 0.4) is 0 Å². The van der Waals surface area contributed by atoms with Gasteiger partial charge in [0.1, 0.15) is 5.75 Å². The highest BCUT2D eigenvalue weighted by molar-refractivity contribution is 6.11. The second-order valence-electron chi connectivity index (χ2n) is 7.40. The zero-order valence-electron chi connectivity index (χ0n) is 18.0. The van der Waals surface area contributed by atoms with E-state index >= 15 is 0 Å². The van der Waals surface area contributed by atoms with E-state index in [0.717, 1.165) is 29.0 Å². The van der Waals surface area contributed by atoms with E-state index in [0.29, 0.717) is 6.61 Å². The molecule has 0 atom stereocenters. The van der Waals surface area contributed by atoms with Crippen LogP contribution in [0.4, 0.5) is 5.69 Å². The van der Waals surface area contributed by atoms with Gasteiger partial charge in [0.05, 0.1) is 6.61 Å². The lowest BCUT2D eigenvalue weighted by Gasteiger charge is -2.19. The van der Waals surface area contributed by atoms with Crippen molar-refractivity contribution >= 4 is 27.2 Å². The monoisotopic (exact) mass is 385 g/mol. The molecule has 0 fully saturated rings. The van der Waals surface area contributed by atoms with Crippen LogP contribution in [0.25, 0.3) is 32.7 Å². The van der Waals surface area contributed by atoms with E-state index in [-0.39, 0.29) is 0 Å². The molecule has 0 aromatic heterocycles. The van der Waals surface area contributed by atoms with Crippen LogP contribution < -0.4 is 10.5 Å². The van der Waals surface area contributed by atoms with Crippen LogP contribution in [0.15, 0.2) is 66.7 Å². The molecule has 0 bridgehead atoms. The first kappa shape index (κ1) is 20.7. The molecule has 0 amide bonds. The summed E-state index contributed by atoms with van der Waals surface area (Å²) < 4.78 is 6.07. The van der Waals surface area contributed by atoms with E-state index in [1.54, 1.807) is 0 Å². The molecule has 0 spiro atoms. The highest BCUT2D eigenvalue weighted by Gasteiger charge is 2.17. The molecule has 0 aliphatic heterocycles. The van der Waals surface area contributed by atoms with Gasteiger partial charge in [-0.05, 0) is 58.1 Å². The van der Waals surface area contributed by atoms with Gasteiger partial charge in [0.25, 0.3) is 0 Å². The lowest BCUT2D eigenvalue weighted by atomic mass is 9.89. The van der Waals surface area contributed by atoms with Crippen LogP contribution in [-0.4, -0.2) is 6.61 Å². The van der Waals surface area contributed by atoms with Crippen molar-refractivity contribution in [3.05, 3.63) is 72.3 Å². The van der Waals surface area contributed by atoms with Crippen molar-refractivity contribution in [1.82, 2.24) is 0 Å². The third-order valence-corrected chi connectivity index (χ3v) is 4.93. The Balaban J connectivity index is 0.000000755. The second-order valence-corrected chi connectivity index (χ2v) is 7.40. The summed E-state index contributed by atoms with van der Waals surface area (Å²) in [6, 6.07) is 23.1. The van der Waals surface area contributed by atoms with Crippen molar-refractivity contribution in [1.29, 1.82) is 0 Å². The van der Waals surface area contributed by atoms with Gasteiger partial charge in [-0.2, -0.15) is 0 Å². The first-order valence-corrected chi connectivity index (χ1v) is 10.5. The van der Waals surface area contributed by atoms with E-state index < -0.39 is 0 Å². The molecular formula is C27H31NO. The molecule has 0 unspecified atom stereocenters. The molecule has 4 rings (SSSR count). The first-order chi connectivity index (χ1) is 14.1. The van der Waals surface area contributed by atoms with Crippen LogP contribution in [0, 0.1) is 6.92 Å². The lowest BCUT2D eigenvalue weighted by Crippen LogP contribution is -2.00. The molecule has 0 radical (unpaired) electrons. The number of benzene rings is 4. The first-order valence-electron chi connectivity index (χ1n) is 10.5. The lowest BCUT2D eigenvalue weighted by molar-refractivity contribution is 0.316. The Kier molecular flexibility index (Phi) is 6.77. The Morgan fingerprint density at radius 2 is 1.34 bits per heavy atom. The maximum Gasteiger partial charge on any atom is 0.123 e. The standard InChI is InChI=1S/C24H23NO.C3H8/c1-3-14-26-22-15-18-9-5-7-11-20(18)23(16(22)2)24-19-10-6-4-8-17(19)12-13-21(24)25;1-3-2/h4-13,15H,3,14,25H2,1-2H3;3H2,1-2H3. The van der Waals surface area contributed by atoms with Gasteiger partial charge in [0.2, 0.25) is 0 Å². The predicted octanol–water partition coefficient (Wildman–Crippen LogP) is 7.76. The summed E-state index contributed by atoms with van der Waals surface area (Å²) in [5.74, 6) is 0.938. The SMILES string of the molecule is CCC.CCCOc1cc2ccccc2c(-c2c(N)ccc3ccccc23)c1C. The third kappa shape index (κ3) is 4.22. The van der Waals surface area contributed by atoms with Gasteiger partial charge in [-0.3, -0.25) is 0 Å². The fraction of sp³-hybridized carbons (Fsp3) is 0.259. The predicted molar refractivity (Wildman–Crippen MR) is 128 cm³/mol. The molecule has 4 aromatic rings. The molecule has 4 aromatic carbocycles. The maximum absolute atomic E-state index is 6.49. The topological polar surface area (TPSA) is 35.2 Å². The molecule has 2 N–H and O–H groups in total. The molecule has 0 saturated carbocycles. The zero-order chi connectivity index (χ0) is 20.8. The Labute approximate surface area is 174 Å². The van der Waals surface area contributed by atoms with Crippen LogP contribution in [0.5, 0.6) is 5.75 Å². The summed E-state index contributed by atoms with van der Waals surface area (Å²) in [4.78, 5) is 0. The molecule has 29 heavy (non-hydrogen) atoms. The second kappa shape index (κ2) is 9.47. The van der Waals surface area contributed by atoms with Crippen LogP contribution in [0.1, 0.15) is 39.2 Å². The Hall–Kier alpha value is -3.00. The van der Waals surface area contributed by atoms with Gasteiger partial charge in [0.15, 0.2) is 0 Å². The third-order valence-electron chi connectivity index (χ3n) is 4.93. The maximum atomic E-state index is 6.49. The average molecular weight is 386 g/mol. The number of rotatable bonds is 4. The number of nitrogen functional groups attached to an aromatic ring is 1. The van der Waals surface area contributed by atoms with Crippen molar-refractivity contribution < 1.29 is 4.74 Å². The number of anilines is 1. The average Bonchev–Trinajstić information content (AvgIpc) is 2.74. The van der Waals surface area contributed by atoms with Gasteiger partial charge >= 0.3 is 0 Å². The molecular weight excluding hydrogens is 354 g/mol. The van der Waals surface area contributed by atoms with E-state index in [4.69, 9.17) is 10.5 Å². The summed E-state index contributed by atoms with van der Waals surface area (Å²) in [6.07, 6.45) is 2.23. The number of ether oxygens (including phenoxy) is 1. The largest absolute Gasteiger partial charge is 0.493 e. The number of fused-ring (bicyclic) bond motifs is 2. The van der Waals surface area contributed by atoms with Gasteiger partial charge in [-0.1, -0.05) is 81.8 Å². The minimum Gasteiger partial charge on any atom is -0.493 e. The molecule has 0 saturated heterocycles. The van der Waals surface area contributed by atoms with Crippen molar-refractivity contribution in [3.8, 4) is 16.9 Å². The molecule has 150 valence electrons. The van der Waals surface area contributed by atoms with Crippen LogP contribution in [-0.2, 0) is 0 Å². The fourth-order valence-electron chi connectivity index (χ4n) is 3.68. The summed E-state index contributed by atoms with van der Waals surface area (Å²) in [5, 5.41) is 4.75. The van der Waals surface area contributed by atoms with Crippen molar-refractivity contribution in [2.24, 2.45) is 0 Å². The highest BCUT2D eigenvalue weighted by Crippen LogP contribution is 2.43. The number of hydrogen-bond acceptors (Lipinski definition) is 2. The minimum absolute atomic E-state index is 0.712. The normalized spacial score (nSPS) is 10.6.